The number of methoxy groups -OCH3 is 2. The van der Waals surface area contributed by atoms with Crippen LogP contribution in [-0.2, 0) is 6.42 Å². The van der Waals surface area contributed by atoms with E-state index in [-0.39, 0.29) is 6.04 Å². The molecule has 1 atom stereocenters. The molecule has 22 heavy (non-hydrogen) atoms. The zero-order chi connectivity index (χ0) is 16.1. The summed E-state index contributed by atoms with van der Waals surface area (Å²) in [5.74, 6) is 1.99. The minimum Gasteiger partial charge on any atom is -0.493 e. The molecular weight excluding hydrogens is 274 g/mol. The van der Waals surface area contributed by atoms with Crippen molar-refractivity contribution in [3.63, 3.8) is 0 Å². The van der Waals surface area contributed by atoms with Crippen LogP contribution in [-0.4, -0.2) is 14.2 Å². The van der Waals surface area contributed by atoms with Gasteiger partial charge in [-0.1, -0.05) is 44.2 Å². The number of hydrogen-bond acceptors (Lipinski definition) is 3. The maximum atomic E-state index is 6.34. The third kappa shape index (κ3) is 3.80. The van der Waals surface area contributed by atoms with Crippen LogP contribution in [0.15, 0.2) is 42.5 Å². The Bertz CT molecular complexity index is 605. The van der Waals surface area contributed by atoms with E-state index in [1.807, 2.05) is 18.2 Å². The molecule has 2 rings (SSSR count). The highest BCUT2D eigenvalue weighted by atomic mass is 16.5. The van der Waals surface area contributed by atoms with Gasteiger partial charge in [0.05, 0.1) is 14.2 Å². The van der Waals surface area contributed by atoms with Crippen LogP contribution < -0.4 is 15.2 Å². The molecule has 0 spiro atoms. The van der Waals surface area contributed by atoms with Gasteiger partial charge in [-0.25, -0.2) is 0 Å². The molecule has 0 amide bonds. The topological polar surface area (TPSA) is 44.5 Å². The van der Waals surface area contributed by atoms with E-state index in [1.54, 1.807) is 14.2 Å². The van der Waals surface area contributed by atoms with Crippen LogP contribution in [0.25, 0.3) is 0 Å². The van der Waals surface area contributed by atoms with E-state index in [9.17, 15) is 0 Å². The summed E-state index contributed by atoms with van der Waals surface area (Å²) in [5.41, 5.74) is 9.98. The average Bonchev–Trinajstić information content (AvgIpc) is 2.54. The molecule has 0 aliphatic rings. The molecule has 0 saturated carbocycles. The highest BCUT2D eigenvalue weighted by molar-refractivity contribution is 5.44. The second-order valence-electron chi connectivity index (χ2n) is 5.82. The summed E-state index contributed by atoms with van der Waals surface area (Å²) in [6.07, 6.45) is 0.799. The van der Waals surface area contributed by atoms with Crippen LogP contribution >= 0.6 is 0 Å². The lowest BCUT2D eigenvalue weighted by Gasteiger charge is -2.15. The Hall–Kier alpha value is -2.00. The third-order valence-corrected chi connectivity index (χ3v) is 3.94. The van der Waals surface area contributed by atoms with Crippen LogP contribution in [0.5, 0.6) is 11.5 Å². The first-order valence-electron chi connectivity index (χ1n) is 7.61. The smallest absolute Gasteiger partial charge is 0.161 e. The summed E-state index contributed by atoms with van der Waals surface area (Å²) in [5, 5.41) is 0. The largest absolute Gasteiger partial charge is 0.493 e. The van der Waals surface area contributed by atoms with Gasteiger partial charge in [0.15, 0.2) is 11.5 Å². The van der Waals surface area contributed by atoms with Crippen molar-refractivity contribution in [3.05, 3.63) is 59.2 Å². The molecule has 1 unspecified atom stereocenters. The van der Waals surface area contributed by atoms with Crippen molar-refractivity contribution in [2.45, 2.75) is 32.2 Å². The van der Waals surface area contributed by atoms with E-state index in [1.165, 1.54) is 11.1 Å². The Morgan fingerprint density at radius 1 is 0.864 bits per heavy atom. The summed E-state index contributed by atoms with van der Waals surface area (Å²) < 4.78 is 10.6. The van der Waals surface area contributed by atoms with Gasteiger partial charge in [-0.3, -0.25) is 0 Å². The molecule has 3 heteroatoms. The molecule has 0 aliphatic heterocycles. The molecule has 0 aromatic heterocycles. The molecule has 3 nitrogen and oxygen atoms in total. The summed E-state index contributed by atoms with van der Waals surface area (Å²) in [4.78, 5) is 0. The summed E-state index contributed by atoms with van der Waals surface area (Å²) >= 11 is 0. The first kappa shape index (κ1) is 16.4. The van der Waals surface area contributed by atoms with Gasteiger partial charge in [0.1, 0.15) is 0 Å². The number of hydrogen-bond donors (Lipinski definition) is 1. The van der Waals surface area contributed by atoms with E-state index < -0.39 is 0 Å². The minimum absolute atomic E-state index is 0.0651. The van der Waals surface area contributed by atoms with Gasteiger partial charge >= 0.3 is 0 Å². The highest BCUT2D eigenvalue weighted by Gasteiger charge is 2.11. The maximum absolute atomic E-state index is 6.34. The van der Waals surface area contributed by atoms with Gasteiger partial charge in [0, 0.05) is 6.04 Å². The van der Waals surface area contributed by atoms with Crippen molar-refractivity contribution < 1.29 is 9.47 Å². The monoisotopic (exact) mass is 299 g/mol. The Morgan fingerprint density at radius 3 is 2.00 bits per heavy atom. The van der Waals surface area contributed by atoms with E-state index >= 15 is 0 Å². The zero-order valence-corrected chi connectivity index (χ0v) is 13.8. The molecule has 0 bridgehead atoms. The van der Waals surface area contributed by atoms with E-state index in [0.717, 1.165) is 17.7 Å². The van der Waals surface area contributed by atoms with Gasteiger partial charge < -0.3 is 15.2 Å². The number of nitrogens with two attached hydrogens (primary N) is 1. The third-order valence-electron chi connectivity index (χ3n) is 3.94. The molecule has 0 heterocycles. The maximum Gasteiger partial charge on any atom is 0.161 e. The van der Waals surface area contributed by atoms with Crippen LogP contribution in [0.2, 0.25) is 0 Å². The van der Waals surface area contributed by atoms with E-state index in [4.69, 9.17) is 15.2 Å². The van der Waals surface area contributed by atoms with Gasteiger partial charge in [-0.15, -0.1) is 0 Å². The molecule has 2 aromatic carbocycles. The van der Waals surface area contributed by atoms with Crippen LogP contribution in [0.1, 0.15) is 42.5 Å². The summed E-state index contributed by atoms with van der Waals surface area (Å²) in [6, 6.07) is 14.5. The fraction of sp³-hybridized carbons (Fsp3) is 0.368. The molecule has 2 aromatic rings. The molecule has 0 fully saturated rings. The van der Waals surface area contributed by atoms with Crippen molar-refractivity contribution in [2.75, 3.05) is 14.2 Å². The SMILES string of the molecule is COc1ccc(C(N)Cc2ccc(C(C)C)cc2)cc1OC. The van der Waals surface area contributed by atoms with Crippen molar-refractivity contribution in [1.82, 2.24) is 0 Å². The van der Waals surface area contributed by atoms with Crippen molar-refractivity contribution in [2.24, 2.45) is 5.73 Å². The summed E-state index contributed by atoms with van der Waals surface area (Å²) in [6.45, 7) is 4.40. The first-order valence-corrected chi connectivity index (χ1v) is 7.61. The second kappa shape index (κ2) is 7.32. The fourth-order valence-corrected chi connectivity index (χ4v) is 2.49. The molecule has 0 aliphatic carbocycles. The van der Waals surface area contributed by atoms with Crippen molar-refractivity contribution >= 4 is 0 Å². The second-order valence-corrected chi connectivity index (χ2v) is 5.82. The van der Waals surface area contributed by atoms with Gasteiger partial charge in [-0.05, 0) is 41.2 Å². The van der Waals surface area contributed by atoms with E-state index in [2.05, 4.69) is 38.1 Å². The Kier molecular flexibility index (Phi) is 5.45. The average molecular weight is 299 g/mol. The van der Waals surface area contributed by atoms with Gasteiger partial charge in [0.25, 0.3) is 0 Å². The molecule has 0 radical (unpaired) electrons. The minimum atomic E-state index is -0.0651. The predicted octanol–water partition coefficient (Wildman–Crippen LogP) is 4.07. The standard InChI is InChI=1S/C19H25NO2/c1-13(2)15-7-5-14(6-8-15)11-17(20)16-9-10-18(21-3)19(12-16)22-4/h5-10,12-13,17H,11,20H2,1-4H3. The molecule has 2 N–H and O–H groups in total. The van der Waals surface area contributed by atoms with Crippen LogP contribution in [0, 0.1) is 0 Å². The lowest BCUT2D eigenvalue weighted by atomic mass is 9.96. The van der Waals surface area contributed by atoms with E-state index in [0.29, 0.717) is 11.7 Å². The number of ether oxygens (including phenoxy) is 2. The lowest BCUT2D eigenvalue weighted by Crippen LogP contribution is -2.13. The quantitative estimate of drug-likeness (QED) is 0.874. The van der Waals surface area contributed by atoms with Crippen LogP contribution in [0.4, 0.5) is 0 Å². The Balaban J connectivity index is 2.13. The Labute approximate surface area is 133 Å². The highest BCUT2D eigenvalue weighted by Crippen LogP contribution is 2.30. The van der Waals surface area contributed by atoms with Crippen molar-refractivity contribution in [3.8, 4) is 11.5 Å². The summed E-state index contributed by atoms with van der Waals surface area (Å²) in [7, 11) is 3.27. The van der Waals surface area contributed by atoms with Crippen LogP contribution in [0.3, 0.4) is 0 Å². The fourth-order valence-electron chi connectivity index (χ4n) is 2.49. The normalized spacial score (nSPS) is 12.3. The number of rotatable bonds is 6. The molecular formula is C19H25NO2. The zero-order valence-electron chi connectivity index (χ0n) is 13.8. The first-order chi connectivity index (χ1) is 10.5. The number of benzene rings is 2. The molecule has 118 valence electrons. The lowest BCUT2D eigenvalue weighted by molar-refractivity contribution is 0.354. The molecule has 0 saturated heterocycles. The predicted molar refractivity (Wildman–Crippen MR) is 90.7 cm³/mol. The van der Waals surface area contributed by atoms with Gasteiger partial charge in [-0.2, -0.15) is 0 Å². The van der Waals surface area contributed by atoms with Crippen molar-refractivity contribution in [1.29, 1.82) is 0 Å². The van der Waals surface area contributed by atoms with Gasteiger partial charge in [0.2, 0.25) is 0 Å². The Morgan fingerprint density at radius 2 is 1.45 bits per heavy atom.